The molecule has 0 aromatic heterocycles. The van der Waals surface area contributed by atoms with E-state index in [1.807, 2.05) is 0 Å². The number of esters is 1. The number of carbonyl (C=O) groups is 1. The molecule has 0 unspecified atom stereocenters. The second kappa shape index (κ2) is 2.66. The molecule has 0 aliphatic heterocycles. The number of aliphatic hydroxyl groups is 1. The van der Waals surface area contributed by atoms with E-state index < -0.39 is 5.41 Å². The van der Waals surface area contributed by atoms with E-state index in [9.17, 15) is 4.79 Å². The van der Waals surface area contributed by atoms with E-state index >= 15 is 0 Å². The number of rotatable bonds is 3. The lowest BCUT2D eigenvalue weighted by Gasteiger charge is -2.08. The van der Waals surface area contributed by atoms with Crippen LogP contribution in [0.25, 0.3) is 0 Å². The van der Waals surface area contributed by atoms with E-state index in [1.165, 1.54) is 7.11 Å². The Labute approximate surface area is 65.7 Å². The molecule has 11 heavy (non-hydrogen) atoms. The molecule has 1 N–H and O–H groups in total. The quantitative estimate of drug-likeness (QED) is 0.473. The van der Waals surface area contributed by atoms with E-state index in [0.717, 1.165) is 0 Å². The molecule has 62 valence electrons. The summed E-state index contributed by atoms with van der Waals surface area (Å²) in [6.07, 6.45) is 2.35. The average molecular weight is 156 g/mol. The van der Waals surface area contributed by atoms with Crippen molar-refractivity contribution < 1.29 is 14.6 Å². The first-order valence-corrected chi connectivity index (χ1v) is 3.53. The molecule has 3 nitrogen and oxygen atoms in total. The van der Waals surface area contributed by atoms with Gasteiger partial charge < -0.3 is 9.84 Å². The van der Waals surface area contributed by atoms with Crippen LogP contribution in [0.15, 0.2) is 12.7 Å². The molecule has 0 saturated heterocycles. The van der Waals surface area contributed by atoms with Gasteiger partial charge >= 0.3 is 5.97 Å². The minimum Gasteiger partial charge on any atom is -0.469 e. The van der Waals surface area contributed by atoms with Crippen molar-refractivity contribution in [1.82, 2.24) is 0 Å². The Morgan fingerprint density at radius 2 is 2.64 bits per heavy atom. The summed E-state index contributed by atoms with van der Waals surface area (Å²) in [4.78, 5) is 11.1. The molecule has 2 atom stereocenters. The van der Waals surface area contributed by atoms with Crippen molar-refractivity contribution in [2.24, 2.45) is 11.3 Å². The molecule has 0 aromatic carbocycles. The fraction of sp³-hybridized carbons (Fsp3) is 0.625. The van der Waals surface area contributed by atoms with Crippen LogP contribution in [0, 0.1) is 11.3 Å². The summed E-state index contributed by atoms with van der Waals surface area (Å²) >= 11 is 0. The summed E-state index contributed by atoms with van der Waals surface area (Å²) in [6.45, 7) is 3.42. The van der Waals surface area contributed by atoms with Gasteiger partial charge in [0.25, 0.3) is 0 Å². The number of hydrogen-bond donors (Lipinski definition) is 1. The molecule has 0 bridgehead atoms. The van der Waals surface area contributed by atoms with E-state index in [0.29, 0.717) is 6.42 Å². The van der Waals surface area contributed by atoms with Gasteiger partial charge in [-0.05, 0) is 12.3 Å². The van der Waals surface area contributed by atoms with Crippen LogP contribution in [0.4, 0.5) is 0 Å². The molecule has 3 heteroatoms. The standard InChI is InChI=1S/C8H12O3/c1-3-6-4-8(6,5-9)7(10)11-2/h3,6,9H,1,4-5H2,2H3/t6-,8-/m1/s1. The lowest BCUT2D eigenvalue weighted by Crippen LogP contribution is -2.23. The van der Waals surface area contributed by atoms with E-state index in [-0.39, 0.29) is 18.5 Å². The molecule has 0 spiro atoms. The second-order valence-electron chi connectivity index (χ2n) is 2.85. The number of carbonyl (C=O) groups excluding carboxylic acids is 1. The van der Waals surface area contributed by atoms with Gasteiger partial charge in [-0.2, -0.15) is 0 Å². The normalized spacial score (nSPS) is 34.5. The monoisotopic (exact) mass is 156 g/mol. The third kappa shape index (κ3) is 1.05. The highest BCUT2D eigenvalue weighted by Crippen LogP contribution is 2.53. The smallest absolute Gasteiger partial charge is 0.314 e. The Morgan fingerprint density at radius 3 is 2.91 bits per heavy atom. The number of hydrogen-bond acceptors (Lipinski definition) is 3. The van der Waals surface area contributed by atoms with Gasteiger partial charge in [0, 0.05) is 0 Å². The third-order valence-corrected chi connectivity index (χ3v) is 2.29. The fourth-order valence-corrected chi connectivity index (χ4v) is 1.33. The highest BCUT2D eigenvalue weighted by Gasteiger charge is 2.59. The summed E-state index contributed by atoms with van der Waals surface area (Å²) in [5.41, 5.74) is -0.656. The Bertz CT molecular complexity index is 188. The largest absolute Gasteiger partial charge is 0.469 e. The number of ether oxygens (including phenoxy) is 1. The maximum absolute atomic E-state index is 11.1. The van der Waals surface area contributed by atoms with Gasteiger partial charge in [-0.25, -0.2) is 0 Å². The molecule has 0 heterocycles. The van der Waals surface area contributed by atoms with Crippen LogP contribution in [0.3, 0.4) is 0 Å². The van der Waals surface area contributed by atoms with Gasteiger partial charge in [-0.1, -0.05) is 6.08 Å². The van der Waals surface area contributed by atoms with Crippen LogP contribution >= 0.6 is 0 Å². The van der Waals surface area contributed by atoms with E-state index in [4.69, 9.17) is 5.11 Å². The predicted molar refractivity (Wildman–Crippen MR) is 39.8 cm³/mol. The van der Waals surface area contributed by atoms with Gasteiger partial charge in [0.2, 0.25) is 0 Å². The van der Waals surface area contributed by atoms with Crippen molar-refractivity contribution in [3.05, 3.63) is 12.7 Å². The van der Waals surface area contributed by atoms with Crippen molar-refractivity contribution in [1.29, 1.82) is 0 Å². The van der Waals surface area contributed by atoms with Crippen molar-refractivity contribution >= 4 is 5.97 Å². The highest BCUT2D eigenvalue weighted by molar-refractivity contribution is 5.81. The lowest BCUT2D eigenvalue weighted by atomic mass is 10.1. The van der Waals surface area contributed by atoms with Crippen LogP contribution in [0.5, 0.6) is 0 Å². The fourth-order valence-electron chi connectivity index (χ4n) is 1.33. The molecular formula is C8H12O3. The van der Waals surface area contributed by atoms with Crippen LogP contribution < -0.4 is 0 Å². The zero-order chi connectivity index (χ0) is 8.48. The lowest BCUT2D eigenvalue weighted by molar-refractivity contribution is -0.149. The molecule has 0 aromatic rings. The topological polar surface area (TPSA) is 46.5 Å². The maximum atomic E-state index is 11.1. The number of methoxy groups -OCH3 is 1. The molecule has 1 saturated carbocycles. The summed E-state index contributed by atoms with van der Waals surface area (Å²) in [5.74, 6) is -0.232. The summed E-state index contributed by atoms with van der Waals surface area (Å²) in [5, 5.41) is 8.91. The Hall–Kier alpha value is -0.830. The summed E-state index contributed by atoms with van der Waals surface area (Å²) in [6, 6.07) is 0. The molecule has 1 rings (SSSR count). The number of aliphatic hydroxyl groups excluding tert-OH is 1. The first-order chi connectivity index (χ1) is 5.21. The Morgan fingerprint density at radius 1 is 2.00 bits per heavy atom. The van der Waals surface area contributed by atoms with Crippen LogP contribution in [0.1, 0.15) is 6.42 Å². The maximum Gasteiger partial charge on any atom is 0.314 e. The molecule has 1 fully saturated rings. The highest BCUT2D eigenvalue weighted by atomic mass is 16.5. The SMILES string of the molecule is C=C[C@@H]1C[C@]1(CO)C(=O)OC. The third-order valence-electron chi connectivity index (χ3n) is 2.29. The summed E-state index contributed by atoms with van der Waals surface area (Å²) < 4.78 is 4.55. The van der Waals surface area contributed by atoms with Gasteiger partial charge in [0.05, 0.1) is 19.1 Å². The minimum atomic E-state index is -0.656. The second-order valence-corrected chi connectivity index (χ2v) is 2.85. The molecular weight excluding hydrogens is 144 g/mol. The number of allylic oxidation sites excluding steroid dienone is 1. The predicted octanol–water partition coefficient (Wildman–Crippen LogP) is 0.344. The molecule has 1 aliphatic rings. The van der Waals surface area contributed by atoms with Gasteiger partial charge in [-0.15, -0.1) is 6.58 Å². The van der Waals surface area contributed by atoms with Crippen molar-refractivity contribution in [2.45, 2.75) is 6.42 Å². The first kappa shape index (κ1) is 8.27. The van der Waals surface area contributed by atoms with Crippen molar-refractivity contribution in [2.75, 3.05) is 13.7 Å². The Kier molecular flexibility index (Phi) is 2.00. The van der Waals surface area contributed by atoms with Gasteiger partial charge in [-0.3, -0.25) is 4.79 Å². The minimum absolute atomic E-state index is 0.0972. The van der Waals surface area contributed by atoms with Gasteiger partial charge in [0.1, 0.15) is 0 Å². The van der Waals surface area contributed by atoms with Crippen molar-refractivity contribution in [3.63, 3.8) is 0 Å². The zero-order valence-corrected chi connectivity index (χ0v) is 6.54. The van der Waals surface area contributed by atoms with Crippen LogP contribution in [-0.4, -0.2) is 24.8 Å². The molecule has 0 amide bonds. The Balaban J connectivity index is 2.66. The zero-order valence-electron chi connectivity index (χ0n) is 6.54. The average Bonchev–Trinajstić information content (AvgIpc) is 2.78. The van der Waals surface area contributed by atoms with Gasteiger partial charge in [0.15, 0.2) is 0 Å². The van der Waals surface area contributed by atoms with Crippen LogP contribution in [0.2, 0.25) is 0 Å². The van der Waals surface area contributed by atoms with E-state index in [1.54, 1.807) is 6.08 Å². The molecule has 0 radical (unpaired) electrons. The molecule has 1 aliphatic carbocycles. The van der Waals surface area contributed by atoms with Crippen LogP contribution in [-0.2, 0) is 9.53 Å². The van der Waals surface area contributed by atoms with E-state index in [2.05, 4.69) is 11.3 Å². The summed E-state index contributed by atoms with van der Waals surface area (Å²) in [7, 11) is 1.33. The van der Waals surface area contributed by atoms with Crippen molar-refractivity contribution in [3.8, 4) is 0 Å². The first-order valence-electron chi connectivity index (χ1n) is 3.53.